The lowest BCUT2D eigenvalue weighted by Crippen LogP contribution is -2.49. The van der Waals surface area contributed by atoms with Crippen molar-refractivity contribution in [2.75, 3.05) is 31.5 Å². The Labute approximate surface area is 200 Å². The molecule has 4 aromatic rings. The van der Waals surface area contributed by atoms with Crippen LogP contribution < -0.4 is 5.32 Å². The van der Waals surface area contributed by atoms with Crippen molar-refractivity contribution in [2.45, 2.75) is 27.3 Å². The highest BCUT2D eigenvalue weighted by atomic mass is 16.2. The second kappa shape index (κ2) is 9.27. The first kappa shape index (κ1) is 22.1. The molecule has 2 aromatic heterocycles. The number of piperazine rings is 1. The average Bonchev–Trinajstić information content (AvgIpc) is 3.20. The summed E-state index contributed by atoms with van der Waals surface area (Å²) in [5.41, 5.74) is 7.20. The van der Waals surface area contributed by atoms with Crippen molar-refractivity contribution in [3.63, 3.8) is 0 Å². The molecule has 5 rings (SSSR count). The molecule has 0 aliphatic carbocycles. The number of amides is 2. The second-order valence-electron chi connectivity index (χ2n) is 8.99. The summed E-state index contributed by atoms with van der Waals surface area (Å²) in [6.07, 6.45) is 1.81. The number of nitrogens with one attached hydrogen (secondary N) is 1. The van der Waals surface area contributed by atoms with Crippen LogP contribution in [0.4, 0.5) is 10.5 Å². The van der Waals surface area contributed by atoms with Crippen LogP contribution in [0.1, 0.15) is 22.5 Å². The van der Waals surface area contributed by atoms with Crippen LogP contribution in [0.3, 0.4) is 0 Å². The summed E-state index contributed by atoms with van der Waals surface area (Å²) < 4.78 is 2.15. The molecule has 34 heavy (non-hydrogen) atoms. The maximum Gasteiger partial charge on any atom is 0.321 e. The third-order valence-corrected chi connectivity index (χ3v) is 6.62. The van der Waals surface area contributed by atoms with Gasteiger partial charge in [0, 0.05) is 43.8 Å². The van der Waals surface area contributed by atoms with Crippen LogP contribution in [0.25, 0.3) is 16.9 Å². The molecule has 0 spiro atoms. The van der Waals surface area contributed by atoms with Gasteiger partial charge in [-0.05, 0) is 67.8 Å². The number of aryl methyl sites for hydroxylation is 2. The predicted molar refractivity (Wildman–Crippen MR) is 135 cm³/mol. The van der Waals surface area contributed by atoms with Crippen molar-refractivity contribution in [1.29, 1.82) is 0 Å². The summed E-state index contributed by atoms with van der Waals surface area (Å²) >= 11 is 0. The number of aromatic nitrogens is 3. The first-order chi connectivity index (χ1) is 16.5. The molecule has 7 heteroatoms. The number of hydrogen-bond donors (Lipinski definition) is 1. The Bertz CT molecular complexity index is 1340. The largest absolute Gasteiger partial charge is 0.322 e. The van der Waals surface area contributed by atoms with E-state index in [2.05, 4.69) is 63.9 Å². The zero-order valence-corrected chi connectivity index (χ0v) is 20.0. The van der Waals surface area contributed by atoms with E-state index in [0.29, 0.717) is 19.6 Å². The van der Waals surface area contributed by atoms with Crippen molar-refractivity contribution in [3.8, 4) is 5.69 Å². The highest BCUT2D eigenvalue weighted by Gasteiger charge is 2.24. The van der Waals surface area contributed by atoms with E-state index < -0.39 is 0 Å². The Morgan fingerprint density at radius 1 is 0.971 bits per heavy atom. The van der Waals surface area contributed by atoms with Gasteiger partial charge in [-0.2, -0.15) is 0 Å². The molecule has 1 aliphatic rings. The minimum absolute atomic E-state index is 0.0375. The lowest BCUT2D eigenvalue weighted by Gasteiger charge is -2.34. The van der Waals surface area contributed by atoms with Crippen molar-refractivity contribution >= 4 is 22.9 Å². The van der Waals surface area contributed by atoms with E-state index >= 15 is 0 Å². The van der Waals surface area contributed by atoms with E-state index in [1.165, 1.54) is 11.1 Å². The number of anilines is 1. The number of benzene rings is 2. The van der Waals surface area contributed by atoms with Gasteiger partial charge in [-0.3, -0.25) is 9.47 Å². The lowest BCUT2D eigenvalue weighted by atomic mass is 10.1. The second-order valence-corrected chi connectivity index (χ2v) is 8.99. The first-order valence-corrected chi connectivity index (χ1v) is 11.7. The van der Waals surface area contributed by atoms with Crippen molar-refractivity contribution in [3.05, 3.63) is 83.3 Å². The van der Waals surface area contributed by atoms with Gasteiger partial charge < -0.3 is 10.2 Å². The quantitative estimate of drug-likeness (QED) is 0.486. The number of pyridine rings is 1. The van der Waals surface area contributed by atoms with Gasteiger partial charge in [-0.1, -0.05) is 24.3 Å². The van der Waals surface area contributed by atoms with Gasteiger partial charge in [0.1, 0.15) is 11.3 Å². The molecule has 1 fully saturated rings. The van der Waals surface area contributed by atoms with E-state index in [1.807, 2.05) is 42.3 Å². The van der Waals surface area contributed by atoms with E-state index in [1.54, 1.807) is 0 Å². The monoisotopic (exact) mass is 454 g/mol. The Morgan fingerprint density at radius 2 is 1.76 bits per heavy atom. The smallest absolute Gasteiger partial charge is 0.321 e. The molecule has 0 unspecified atom stereocenters. The van der Waals surface area contributed by atoms with Gasteiger partial charge in [-0.25, -0.2) is 14.8 Å². The van der Waals surface area contributed by atoms with Gasteiger partial charge in [-0.15, -0.1) is 0 Å². The number of imidazole rings is 1. The van der Waals surface area contributed by atoms with Crippen LogP contribution in [0.5, 0.6) is 0 Å². The van der Waals surface area contributed by atoms with Crippen LogP contribution >= 0.6 is 0 Å². The van der Waals surface area contributed by atoms with E-state index in [9.17, 15) is 4.79 Å². The standard InChI is InChI=1S/C27H30N6O/c1-19-7-4-9-22(17-19)33-25(29-24-11-6-12-28-26(24)33)18-31-13-15-32(16-14-31)27(34)30-23-10-5-8-20(2)21(23)3/h4-12,17H,13-16,18H2,1-3H3,(H,30,34). The zero-order valence-electron chi connectivity index (χ0n) is 20.0. The molecule has 7 nitrogen and oxygen atoms in total. The topological polar surface area (TPSA) is 66.3 Å². The summed E-state index contributed by atoms with van der Waals surface area (Å²) in [5.74, 6) is 0.965. The van der Waals surface area contributed by atoms with Gasteiger partial charge in [0.2, 0.25) is 0 Å². The zero-order chi connectivity index (χ0) is 23.7. The summed E-state index contributed by atoms with van der Waals surface area (Å²) in [4.78, 5) is 26.6. The van der Waals surface area contributed by atoms with Crippen LogP contribution in [0.2, 0.25) is 0 Å². The molecule has 1 aliphatic heterocycles. The highest BCUT2D eigenvalue weighted by molar-refractivity contribution is 5.90. The summed E-state index contributed by atoms with van der Waals surface area (Å²) in [5, 5.41) is 3.08. The van der Waals surface area contributed by atoms with Gasteiger partial charge in [0.05, 0.1) is 6.54 Å². The van der Waals surface area contributed by atoms with E-state index in [0.717, 1.165) is 47.0 Å². The number of carbonyl (C=O) groups excluding carboxylic acids is 1. The molecular formula is C27H30N6O. The van der Waals surface area contributed by atoms with Crippen molar-refractivity contribution in [1.82, 2.24) is 24.3 Å². The third kappa shape index (κ3) is 4.39. The Balaban J connectivity index is 1.30. The fourth-order valence-electron chi connectivity index (χ4n) is 4.49. The molecular weight excluding hydrogens is 424 g/mol. The molecule has 174 valence electrons. The Kier molecular flexibility index (Phi) is 6.02. The summed E-state index contributed by atoms with van der Waals surface area (Å²) in [6, 6.07) is 18.3. The average molecular weight is 455 g/mol. The minimum atomic E-state index is -0.0375. The molecule has 0 atom stereocenters. The van der Waals surface area contributed by atoms with E-state index in [-0.39, 0.29) is 6.03 Å². The molecule has 2 aromatic carbocycles. The fourth-order valence-corrected chi connectivity index (χ4v) is 4.49. The number of fused-ring (bicyclic) bond motifs is 1. The van der Waals surface area contributed by atoms with Crippen LogP contribution in [0, 0.1) is 20.8 Å². The fraction of sp³-hybridized carbons (Fsp3) is 0.296. The highest BCUT2D eigenvalue weighted by Crippen LogP contribution is 2.23. The Hall–Kier alpha value is -3.71. The predicted octanol–water partition coefficient (Wildman–Crippen LogP) is 4.70. The molecule has 1 N–H and O–H groups in total. The normalized spacial score (nSPS) is 14.5. The maximum atomic E-state index is 12.9. The van der Waals surface area contributed by atoms with Crippen LogP contribution in [-0.4, -0.2) is 56.5 Å². The third-order valence-electron chi connectivity index (χ3n) is 6.62. The molecule has 0 saturated carbocycles. The summed E-state index contributed by atoms with van der Waals surface area (Å²) in [7, 11) is 0. The number of nitrogens with zero attached hydrogens (tertiary/aromatic N) is 5. The van der Waals surface area contributed by atoms with Gasteiger partial charge in [0.15, 0.2) is 5.65 Å². The number of hydrogen-bond acceptors (Lipinski definition) is 4. The number of urea groups is 1. The first-order valence-electron chi connectivity index (χ1n) is 11.7. The van der Waals surface area contributed by atoms with Crippen molar-refractivity contribution < 1.29 is 4.79 Å². The SMILES string of the molecule is Cc1cccc(-n2c(CN3CCN(C(=O)Nc4cccc(C)c4C)CC3)nc3cccnc32)c1. The van der Waals surface area contributed by atoms with Crippen LogP contribution in [0.15, 0.2) is 60.8 Å². The molecule has 1 saturated heterocycles. The minimum Gasteiger partial charge on any atom is -0.322 e. The summed E-state index contributed by atoms with van der Waals surface area (Å²) in [6.45, 7) is 9.85. The molecule has 3 heterocycles. The molecule has 2 amide bonds. The lowest BCUT2D eigenvalue weighted by molar-refractivity contribution is 0.140. The Morgan fingerprint density at radius 3 is 2.56 bits per heavy atom. The van der Waals surface area contributed by atoms with Gasteiger partial charge in [0.25, 0.3) is 0 Å². The number of rotatable bonds is 4. The molecule has 0 bridgehead atoms. The van der Waals surface area contributed by atoms with E-state index in [4.69, 9.17) is 4.98 Å². The van der Waals surface area contributed by atoms with Crippen molar-refractivity contribution in [2.24, 2.45) is 0 Å². The van der Waals surface area contributed by atoms with Gasteiger partial charge >= 0.3 is 6.03 Å². The molecule has 0 radical (unpaired) electrons. The number of carbonyl (C=O) groups is 1. The maximum absolute atomic E-state index is 12.9. The van der Waals surface area contributed by atoms with Crippen LogP contribution in [-0.2, 0) is 6.54 Å².